The number of nitrogens with zero attached hydrogens (tertiary/aromatic N) is 4. The normalized spacial score (nSPS) is 14.0. The van der Waals surface area contributed by atoms with E-state index in [1.54, 1.807) is 4.90 Å². The molecule has 2 rings (SSSR count). The standard InChI is InChI=1S/C23H32N4O3/c1-19(25-10-12-30-13-11-25)15-26(17-23(2,3)4)22(29)16-27(18-24)21(28)14-20-8-6-5-7-9-20/h5-9H,1,10-17H2,2-4H3. The molecule has 0 aromatic heterocycles. The third-order valence-corrected chi connectivity index (χ3v) is 4.76. The molecule has 7 heteroatoms. The summed E-state index contributed by atoms with van der Waals surface area (Å²) in [5.74, 6) is -0.651. The lowest BCUT2D eigenvalue weighted by Gasteiger charge is -2.36. The van der Waals surface area contributed by atoms with Crippen molar-refractivity contribution in [3.8, 4) is 6.19 Å². The summed E-state index contributed by atoms with van der Waals surface area (Å²) in [7, 11) is 0. The van der Waals surface area contributed by atoms with Crippen LogP contribution in [0.2, 0.25) is 0 Å². The van der Waals surface area contributed by atoms with Crippen molar-refractivity contribution in [2.75, 3.05) is 45.9 Å². The number of hydrogen-bond donors (Lipinski definition) is 0. The summed E-state index contributed by atoms with van der Waals surface area (Å²) in [6.45, 7) is 13.7. The fourth-order valence-corrected chi connectivity index (χ4v) is 3.29. The Morgan fingerprint density at radius 1 is 1.13 bits per heavy atom. The Balaban J connectivity index is 2.04. The predicted molar refractivity (Wildman–Crippen MR) is 115 cm³/mol. The second-order valence-electron chi connectivity index (χ2n) is 8.72. The average molecular weight is 413 g/mol. The SMILES string of the molecule is C=C(CN(CC(C)(C)C)C(=O)CN(C#N)C(=O)Cc1ccccc1)N1CCOCC1. The van der Waals surface area contributed by atoms with Crippen LogP contribution < -0.4 is 0 Å². The Morgan fingerprint density at radius 3 is 2.33 bits per heavy atom. The van der Waals surface area contributed by atoms with E-state index in [4.69, 9.17) is 4.74 Å². The van der Waals surface area contributed by atoms with Gasteiger partial charge in [-0.1, -0.05) is 57.7 Å². The maximum absolute atomic E-state index is 13.1. The molecule has 1 aliphatic heterocycles. The van der Waals surface area contributed by atoms with E-state index in [2.05, 4.69) is 11.5 Å². The van der Waals surface area contributed by atoms with Crippen LogP contribution in [0.3, 0.4) is 0 Å². The monoisotopic (exact) mass is 412 g/mol. The number of carbonyl (C=O) groups is 2. The minimum absolute atomic E-state index is 0.0848. The van der Waals surface area contributed by atoms with E-state index < -0.39 is 0 Å². The van der Waals surface area contributed by atoms with Crippen molar-refractivity contribution < 1.29 is 14.3 Å². The highest BCUT2D eigenvalue weighted by molar-refractivity contribution is 5.87. The molecule has 7 nitrogen and oxygen atoms in total. The smallest absolute Gasteiger partial charge is 0.243 e. The molecule has 0 N–H and O–H groups in total. The molecular formula is C23H32N4O3. The zero-order valence-electron chi connectivity index (χ0n) is 18.3. The van der Waals surface area contributed by atoms with Crippen molar-refractivity contribution in [2.45, 2.75) is 27.2 Å². The first-order valence-electron chi connectivity index (χ1n) is 10.2. The van der Waals surface area contributed by atoms with Gasteiger partial charge in [-0.05, 0) is 11.0 Å². The van der Waals surface area contributed by atoms with Crippen molar-refractivity contribution in [3.05, 3.63) is 48.2 Å². The molecule has 162 valence electrons. The van der Waals surface area contributed by atoms with Crippen molar-refractivity contribution in [3.63, 3.8) is 0 Å². The molecule has 1 heterocycles. The molecule has 0 atom stereocenters. The third-order valence-electron chi connectivity index (χ3n) is 4.76. The van der Waals surface area contributed by atoms with Gasteiger partial charge in [0, 0.05) is 25.3 Å². The van der Waals surface area contributed by atoms with Crippen molar-refractivity contribution >= 4 is 11.8 Å². The first-order chi connectivity index (χ1) is 14.2. The first kappa shape index (κ1) is 23.4. The summed E-state index contributed by atoms with van der Waals surface area (Å²) in [4.78, 5) is 30.4. The zero-order chi connectivity index (χ0) is 22.1. The second-order valence-corrected chi connectivity index (χ2v) is 8.72. The first-order valence-corrected chi connectivity index (χ1v) is 10.2. The molecular weight excluding hydrogens is 380 g/mol. The summed E-state index contributed by atoms with van der Waals surface area (Å²) >= 11 is 0. The molecule has 0 radical (unpaired) electrons. The van der Waals surface area contributed by atoms with Gasteiger partial charge in [0.05, 0.1) is 26.2 Å². The van der Waals surface area contributed by atoms with Crippen molar-refractivity contribution in [1.29, 1.82) is 5.26 Å². The quantitative estimate of drug-likeness (QED) is 0.484. The maximum atomic E-state index is 13.1. The van der Waals surface area contributed by atoms with E-state index >= 15 is 0 Å². The molecule has 0 bridgehead atoms. The van der Waals surface area contributed by atoms with Gasteiger partial charge in [0.25, 0.3) is 0 Å². The average Bonchev–Trinajstić information content (AvgIpc) is 2.71. The summed E-state index contributed by atoms with van der Waals surface area (Å²) in [5.41, 5.74) is 1.52. The predicted octanol–water partition coefficient (Wildman–Crippen LogP) is 2.26. The fraction of sp³-hybridized carbons (Fsp3) is 0.522. The number of morpholine rings is 1. The van der Waals surface area contributed by atoms with Crippen LogP contribution in [0.25, 0.3) is 0 Å². The van der Waals surface area contributed by atoms with E-state index in [1.807, 2.05) is 57.3 Å². The second kappa shape index (κ2) is 10.8. The van der Waals surface area contributed by atoms with Gasteiger partial charge in [0.1, 0.15) is 6.54 Å². The van der Waals surface area contributed by atoms with Gasteiger partial charge in [-0.3, -0.25) is 9.59 Å². The molecule has 1 saturated heterocycles. The van der Waals surface area contributed by atoms with Crippen LogP contribution in [0.4, 0.5) is 0 Å². The topological polar surface area (TPSA) is 76.9 Å². The Labute approximate surface area is 179 Å². The van der Waals surface area contributed by atoms with Crippen molar-refractivity contribution in [2.24, 2.45) is 5.41 Å². The van der Waals surface area contributed by atoms with Crippen LogP contribution in [0.5, 0.6) is 0 Å². The van der Waals surface area contributed by atoms with Crippen LogP contribution in [-0.2, 0) is 20.7 Å². The maximum Gasteiger partial charge on any atom is 0.243 e. The summed E-state index contributed by atoms with van der Waals surface area (Å²) in [5, 5.41) is 9.47. The highest BCUT2D eigenvalue weighted by Crippen LogP contribution is 2.18. The molecule has 0 unspecified atom stereocenters. The third kappa shape index (κ3) is 7.53. The molecule has 2 amide bonds. The van der Waals surface area contributed by atoms with E-state index in [-0.39, 0.29) is 30.2 Å². The summed E-state index contributed by atoms with van der Waals surface area (Å²) in [6, 6.07) is 9.20. The van der Waals surface area contributed by atoms with E-state index in [9.17, 15) is 14.9 Å². The minimum atomic E-state index is -0.389. The number of hydrogen-bond acceptors (Lipinski definition) is 5. The zero-order valence-corrected chi connectivity index (χ0v) is 18.3. The van der Waals surface area contributed by atoms with E-state index in [0.29, 0.717) is 26.3 Å². The number of nitriles is 1. The lowest BCUT2D eigenvalue weighted by Crippen LogP contribution is -2.47. The van der Waals surface area contributed by atoms with Crippen molar-refractivity contribution in [1.82, 2.24) is 14.7 Å². The van der Waals surface area contributed by atoms with Crippen LogP contribution in [0.15, 0.2) is 42.6 Å². The highest BCUT2D eigenvalue weighted by atomic mass is 16.5. The minimum Gasteiger partial charge on any atom is -0.378 e. The fourth-order valence-electron chi connectivity index (χ4n) is 3.29. The van der Waals surface area contributed by atoms with Crippen LogP contribution in [0, 0.1) is 16.9 Å². The van der Waals surface area contributed by atoms with Gasteiger partial charge in [0.15, 0.2) is 6.19 Å². The molecule has 0 spiro atoms. The lowest BCUT2D eigenvalue weighted by molar-refractivity contribution is -0.138. The van der Waals surface area contributed by atoms with Gasteiger partial charge in [-0.25, -0.2) is 4.90 Å². The number of ether oxygens (including phenoxy) is 1. The van der Waals surface area contributed by atoms with Crippen LogP contribution >= 0.6 is 0 Å². The highest BCUT2D eigenvalue weighted by Gasteiger charge is 2.26. The number of carbonyl (C=O) groups excluding carboxylic acids is 2. The summed E-state index contributed by atoms with van der Waals surface area (Å²) < 4.78 is 5.38. The molecule has 0 saturated carbocycles. The largest absolute Gasteiger partial charge is 0.378 e. The van der Waals surface area contributed by atoms with Gasteiger partial charge in [-0.15, -0.1) is 0 Å². The van der Waals surface area contributed by atoms with Gasteiger partial charge >= 0.3 is 0 Å². The Hall–Kier alpha value is -2.85. The molecule has 1 aliphatic rings. The molecule has 1 fully saturated rings. The molecule has 30 heavy (non-hydrogen) atoms. The molecule has 1 aromatic carbocycles. The molecule has 1 aromatic rings. The number of rotatable bonds is 8. The number of amides is 2. The Kier molecular flexibility index (Phi) is 8.43. The van der Waals surface area contributed by atoms with Crippen LogP contribution in [-0.4, -0.2) is 72.5 Å². The lowest BCUT2D eigenvalue weighted by atomic mass is 9.96. The Morgan fingerprint density at radius 2 is 1.77 bits per heavy atom. The van der Waals surface area contributed by atoms with E-state index in [1.165, 1.54) is 0 Å². The Bertz CT molecular complexity index is 774. The molecule has 0 aliphatic carbocycles. The van der Waals surface area contributed by atoms with Crippen LogP contribution in [0.1, 0.15) is 26.3 Å². The van der Waals surface area contributed by atoms with E-state index in [0.717, 1.165) is 29.2 Å². The van der Waals surface area contributed by atoms with Gasteiger partial charge in [-0.2, -0.15) is 5.26 Å². The summed E-state index contributed by atoms with van der Waals surface area (Å²) in [6.07, 6.45) is 1.96. The van der Waals surface area contributed by atoms with Gasteiger partial charge < -0.3 is 14.5 Å². The van der Waals surface area contributed by atoms with Gasteiger partial charge in [0.2, 0.25) is 11.8 Å². The number of benzene rings is 1.